The Morgan fingerprint density at radius 1 is 1.56 bits per heavy atom. The number of nitrogens with one attached hydrogen (secondary N) is 1. The number of piperidine rings is 1. The van der Waals surface area contributed by atoms with E-state index in [0.29, 0.717) is 6.04 Å². The van der Waals surface area contributed by atoms with Crippen LogP contribution in [0.2, 0.25) is 0 Å². The van der Waals surface area contributed by atoms with Gasteiger partial charge in [-0.3, -0.25) is 4.90 Å². The van der Waals surface area contributed by atoms with Gasteiger partial charge in [0.1, 0.15) is 5.01 Å². The molecule has 1 aliphatic heterocycles. The molecule has 0 amide bonds. The highest BCUT2D eigenvalue weighted by molar-refractivity contribution is 7.09. The molecule has 90 valence electrons. The minimum Gasteiger partial charge on any atom is -0.317 e. The molecule has 2 rings (SSSR count). The molecule has 1 aromatic heterocycles. The van der Waals surface area contributed by atoms with Gasteiger partial charge in [0.15, 0.2) is 0 Å². The Kier molecular flexibility index (Phi) is 4.32. The van der Waals surface area contributed by atoms with Crippen LogP contribution in [-0.4, -0.2) is 36.6 Å². The lowest BCUT2D eigenvalue weighted by atomic mass is 9.97. The molecule has 16 heavy (non-hydrogen) atoms. The molecule has 1 aliphatic rings. The van der Waals surface area contributed by atoms with E-state index in [-0.39, 0.29) is 0 Å². The molecule has 0 spiro atoms. The maximum atomic E-state index is 4.39. The van der Waals surface area contributed by atoms with Crippen molar-refractivity contribution in [1.82, 2.24) is 15.2 Å². The monoisotopic (exact) mass is 239 g/mol. The number of hydrogen-bond donors (Lipinski definition) is 1. The van der Waals surface area contributed by atoms with Crippen LogP contribution in [0.5, 0.6) is 0 Å². The Morgan fingerprint density at radius 3 is 2.94 bits per heavy atom. The van der Waals surface area contributed by atoms with Gasteiger partial charge in [-0.05, 0) is 45.8 Å². The van der Waals surface area contributed by atoms with Crippen molar-refractivity contribution in [3.8, 4) is 0 Å². The average molecular weight is 239 g/mol. The van der Waals surface area contributed by atoms with Crippen LogP contribution in [0.1, 0.15) is 30.8 Å². The van der Waals surface area contributed by atoms with Gasteiger partial charge in [0.25, 0.3) is 0 Å². The molecule has 0 bridgehead atoms. The van der Waals surface area contributed by atoms with Gasteiger partial charge in [0, 0.05) is 18.1 Å². The fourth-order valence-corrected chi connectivity index (χ4v) is 3.02. The Bertz CT molecular complexity index is 293. The largest absolute Gasteiger partial charge is 0.317 e. The Balaban J connectivity index is 1.84. The molecule has 2 heterocycles. The topological polar surface area (TPSA) is 28.2 Å². The lowest BCUT2D eigenvalue weighted by Crippen LogP contribution is -2.35. The van der Waals surface area contributed by atoms with Gasteiger partial charge in [-0.25, -0.2) is 4.98 Å². The van der Waals surface area contributed by atoms with Gasteiger partial charge in [-0.2, -0.15) is 0 Å². The van der Waals surface area contributed by atoms with E-state index in [0.717, 1.165) is 5.92 Å². The van der Waals surface area contributed by atoms with E-state index in [2.05, 4.69) is 34.6 Å². The molecule has 0 aliphatic carbocycles. The van der Waals surface area contributed by atoms with E-state index in [1.165, 1.54) is 37.5 Å². The van der Waals surface area contributed by atoms with Crippen molar-refractivity contribution in [1.29, 1.82) is 0 Å². The minimum atomic E-state index is 0.454. The lowest BCUT2D eigenvalue weighted by Gasteiger charge is -2.30. The first-order valence-corrected chi connectivity index (χ1v) is 6.95. The van der Waals surface area contributed by atoms with Crippen LogP contribution in [0.4, 0.5) is 0 Å². The number of nitrogens with zero attached hydrogens (tertiary/aromatic N) is 2. The minimum absolute atomic E-state index is 0.454. The molecule has 1 saturated heterocycles. The van der Waals surface area contributed by atoms with Crippen molar-refractivity contribution in [2.75, 3.05) is 26.7 Å². The number of aromatic nitrogens is 1. The van der Waals surface area contributed by atoms with Crippen LogP contribution in [0.25, 0.3) is 0 Å². The quantitative estimate of drug-likeness (QED) is 0.872. The molecule has 0 saturated carbocycles. The van der Waals surface area contributed by atoms with Crippen molar-refractivity contribution in [2.24, 2.45) is 5.92 Å². The highest BCUT2D eigenvalue weighted by Gasteiger charge is 2.19. The summed E-state index contributed by atoms with van der Waals surface area (Å²) < 4.78 is 0. The summed E-state index contributed by atoms with van der Waals surface area (Å²) in [7, 11) is 2.22. The normalized spacial score (nSPS) is 20.2. The molecule has 0 radical (unpaired) electrons. The van der Waals surface area contributed by atoms with Crippen LogP contribution in [0.15, 0.2) is 11.6 Å². The van der Waals surface area contributed by atoms with Gasteiger partial charge < -0.3 is 5.32 Å². The first-order valence-electron chi connectivity index (χ1n) is 6.07. The molecule has 0 aromatic carbocycles. The smallest absolute Gasteiger partial charge is 0.109 e. The summed E-state index contributed by atoms with van der Waals surface area (Å²) in [6, 6.07) is 0.454. The molecule has 1 N–H and O–H groups in total. The predicted octanol–water partition coefficient (Wildman–Crippen LogP) is 2.14. The Morgan fingerprint density at radius 2 is 2.31 bits per heavy atom. The maximum absolute atomic E-state index is 4.39. The summed E-state index contributed by atoms with van der Waals surface area (Å²) in [4.78, 5) is 6.83. The molecule has 1 fully saturated rings. The second-order valence-electron chi connectivity index (χ2n) is 4.68. The van der Waals surface area contributed by atoms with Gasteiger partial charge >= 0.3 is 0 Å². The van der Waals surface area contributed by atoms with Crippen molar-refractivity contribution >= 4 is 11.3 Å². The van der Waals surface area contributed by atoms with Gasteiger partial charge in [-0.1, -0.05) is 0 Å². The molecule has 1 atom stereocenters. The first kappa shape index (κ1) is 12.0. The summed E-state index contributed by atoms with van der Waals surface area (Å²) in [5.74, 6) is 0.855. The molecular weight excluding hydrogens is 218 g/mol. The third kappa shape index (κ3) is 3.03. The molecule has 3 nitrogen and oxygen atoms in total. The van der Waals surface area contributed by atoms with E-state index in [4.69, 9.17) is 0 Å². The van der Waals surface area contributed by atoms with Gasteiger partial charge in [-0.15, -0.1) is 11.3 Å². The third-order valence-corrected chi connectivity index (χ3v) is 4.42. The highest BCUT2D eigenvalue weighted by Crippen LogP contribution is 2.23. The van der Waals surface area contributed by atoms with Gasteiger partial charge in [0.2, 0.25) is 0 Å². The van der Waals surface area contributed by atoms with Crippen molar-refractivity contribution in [3.63, 3.8) is 0 Å². The summed E-state index contributed by atoms with van der Waals surface area (Å²) in [5.41, 5.74) is 0. The van der Waals surface area contributed by atoms with Crippen LogP contribution in [-0.2, 0) is 0 Å². The maximum Gasteiger partial charge on any atom is 0.109 e. The highest BCUT2D eigenvalue weighted by atomic mass is 32.1. The zero-order chi connectivity index (χ0) is 11.4. The summed E-state index contributed by atoms with van der Waals surface area (Å²) in [6.07, 6.45) is 4.53. The van der Waals surface area contributed by atoms with Crippen LogP contribution in [0.3, 0.4) is 0 Å². The van der Waals surface area contributed by atoms with Gasteiger partial charge in [0.05, 0.1) is 6.04 Å². The van der Waals surface area contributed by atoms with E-state index < -0.39 is 0 Å². The molecule has 0 unspecified atom stereocenters. The van der Waals surface area contributed by atoms with Crippen molar-refractivity contribution < 1.29 is 0 Å². The van der Waals surface area contributed by atoms with E-state index in [9.17, 15) is 0 Å². The van der Waals surface area contributed by atoms with E-state index in [1.54, 1.807) is 11.3 Å². The lowest BCUT2D eigenvalue weighted by molar-refractivity contribution is 0.196. The van der Waals surface area contributed by atoms with E-state index in [1.807, 2.05) is 6.20 Å². The standard InChI is InChI=1S/C12H21N3S/c1-10(12-14-7-8-16-12)15(2)9-11-3-5-13-6-4-11/h7-8,10-11,13H,3-6,9H2,1-2H3/t10-/m1/s1. The second-order valence-corrected chi connectivity index (χ2v) is 5.61. The summed E-state index contributed by atoms with van der Waals surface area (Å²) in [6.45, 7) is 5.82. The van der Waals surface area contributed by atoms with Crippen LogP contribution >= 0.6 is 11.3 Å². The SMILES string of the molecule is C[C@H](c1nccs1)N(C)CC1CCNCC1. The zero-order valence-electron chi connectivity index (χ0n) is 10.1. The zero-order valence-corrected chi connectivity index (χ0v) is 11.0. The summed E-state index contributed by atoms with van der Waals surface area (Å²) in [5, 5.41) is 6.71. The number of rotatable bonds is 4. The van der Waals surface area contributed by atoms with Crippen molar-refractivity contribution in [2.45, 2.75) is 25.8 Å². The fourth-order valence-electron chi connectivity index (χ4n) is 2.26. The Hall–Kier alpha value is -0.450. The van der Waals surface area contributed by atoms with Crippen LogP contribution < -0.4 is 5.32 Å². The molecular formula is C12H21N3S. The van der Waals surface area contributed by atoms with E-state index >= 15 is 0 Å². The second kappa shape index (κ2) is 5.75. The van der Waals surface area contributed by atoms with Crippen LogP contribution in [0, 0.1) is 5.92 Å². The number of hydrogen-bond acceptors (Lipinski definition) is 4. The molecule has 4 heteroatoms. The first-order chi connectivity index (χ1) is 7.77. The van der Waals surface area contributed by atoms with Crippen molar-refractivity contribution in [3.05, 3.63) is 16.6 Å². The number of thiazole rings is 1. The average Bonchev–Trinajstić information content (AvgIpc) is 2.83. The summed E-state index contributed by atoms with van der Waals surface area (Å²) >= 11 is 1.76. The predicted molar refractivity (Wildman–Crippen MR) is 68.8 cm³/mol. The molecule has 1 aromatic rings. The Labute approximate surface area is 102 Å². The third-order valence-electron chi connectivity index (χ3n) is 3.47. The fraction of sp³-hybridized carbons (Fsp3) is 0.750.